The van der Waals surface area contributed by atoms with E-state index in [1.165, 1.54) is 12.0 Å². The SMILES string of the molecule is CCCNC(C)Cc1ccc(OCc2csc(C)n2)cc1. The molecule has 114 valence electrons. The Bertz CT molecular complexity index is 536. The fourth-order valence-electron chi connectivity index (χ4n) is 2.17. The van der Waals surface area contributed by atoms with E-state index >= 15 is 0 Å². The lowest BCUT2D eigenvalue weighted by Gasteiger charge is -2.13. The topological polar surface area (TPSA) is 34.1 Å². The van der Waals surface area contributed by atoms with Crippen LogP contribution < -0.4 is 10.1 Å². The summed E-state index contributed by atoms with van der Waals surface area (Å²) in [6.45, 7) is 8.05. The highest BCUT2D eigenvalue weighted by molar-refractivity contribution is 7.09. The molecule has 1 atom stereocenters. The molecule has 0 amide bonds. The van der Waals surface area contributed by atoms with E-state index < -0.39 is 0 Å². The summed E-state index contributed by atoms with van der Waals surface area (Å²) in [6, 6.07) is 8.88. The lowest BCUT2D eigenvalue weighted by molar-refractivity contribution is 0.302. The highest BCUT2D eigenvalue weighted by Crippen LogP contribution is 2.16. The number of hydrogen-bond acceptors (Lipinski definition) is 4. The molecule has 1 aromatic carbocycles. The number of nitrogens with zero attached hydrogens (tertiary/aromatic N) is 1. The van der Waals surface area contributed by atoms with Crippen molar-refractivity contribution in [2.45, 2.75) is 46.3 Å². The van der Waals surface area contributed by atoms with Crippen molar-refractivity contribution in [3.8, 4) is 5.75 Å². The van der Waals surface area contributed by atoms with Gasteiger partial charge in [-0.3, -0.25) is 0 Å². The van der Waals surface area contributed by atoms with Gasteiger partial charge >= 0.3 is 0 Å². The van der Waals surface area contributed by atoms with Crippen molar-refractivity contribution in [2.24, 2.45) is 0 Å². The largest absolute Gasteiger partial charge is 0.487 e. The van der Waals surface area contributed by atoms with Gasteiger partial charge < -0.3 is 10.1 Å². The van der Waals surface area contributed by atoms with Crippen LogP contribution in [-0.4, -0.2) is 17.6 Å². The molecule has 1 unspecified atom stereocenters. The molecule has 2 rings (SSSR count). The van der Waals surface area contributed by atoms with Crippen LogP contribution in [-0.2, 0) is 13.0 Å². The average molecular weight is 304 g/mol. The van der Waals surface area contributed by atoms with Crippen LogP contribution in [0.2, 0.25) is 0 Å². The second kappa shape index (κ2) is 8.15. The van der Waals surface area contributed by atoms with E-state index in [0.717, 1.165) is 29.4 Å². The van der Waals surface area contributed by atoms with Crippen LogP contribution in [0.15, 0.2) is 29.6 Å². The first-order valence-corrected chi connectivity index (χ1v) is 8.41. The maximum atomic E-state index is 5.76. The second-order valence-electron chi connectivity index (χ2n) is 5.35. The predicted octanol–water partition coefficient (Wildman–Crippen LogP) is 3.96. The summed E-state index contributed by atoms with van der Waals surface area (Å²) < 4.78 is 5.76. The van der Waals surface area contributed by atoms with Crippen molar-refractivity contribution in [3.05, 3.63) is 45.9 Å². The third-order valence-corrected chi connectivity index (χ3v) is 4.08. The Hall–Kier alpha value is -1.39. The standard InChI is InChI=1S/C17H24N2OS/c1-4-9-18-13(2)10-15-5-7-17(8-6-15)20-11-16-12-21-14(3)19-16/h5-8,12-13,18H,4,9-11H2,1-3H3. The number of thiazole rings is 1. The highest BCUT2D eigenvalue weighted by Gasteiger charge is 2.03. The number of nitrogens with one attached hydrogen (secondary N) is 1. The van der Waals surface area contributed by atoms with Crippen molar-refractivity contribution < 1.29 is 4.74 Å². The van der Waals surface area contributed by atoms with Gasteiger partial charge in [0.1, 0.15) is 12.4 Å². The smallest absolute Gasteiger partial charge is 0.131 e. The van der Waals surface area contributed by atoms with Crippen LogP contribution >= 0.6 is 11.3 Å². The third-order valence-electron chi connectivity index (χ3n) is 3.26. The van der Waals surface area contributed by atoms with Gasteiger partial charge in [-0.05, 0) is 50.9 Å². The number of rotatable bonds is 8. The molecule has 2 aromatic rings. The van der Waals surface area contributed by atoms with Crippen molar-refractivity contribution in [3.63, 3.8) is 0 Å². The first-order chi connectivity index (χ1) is 10.2. The Morgan fingerprint density at radius 2 is 2.05 bits per heavy atom. The molecule has 0 saturated heterocycles. The number of aryl methyl sites for hydroxylation is 1. The molecule has 0 spiro atoms. The molecular formula is C17H24N2OS. The lowest BCUT2D eigenvalue weighted by atomic mass is 10.1. The lowest BCUT2D eigenvalue weighted by Crippen LogP contribution is -2.28. The number of hydrogen-bond donors (Lipinski definition) is 1. The molecule has 1 aromatic heterocycles. The predicted molar refractivity (Wildman–Crippen MR) is 89.1 cm³/mol. The first kappa shape index (κ1) is 16.0. The quantitative estimate of drug-likeness (QED) is 0.801. The number of benzene rings is 1. The zero-order chi connectivity index (χ0) is 15.1. The van der Waals surface area contributed by atoms with Crippen LogP contribution in [0.4, 0.5) is 0 Å². The van der Waals surface area contributed by atoms with Gasteiger partial charge in [0.15, 0.2) is 0 Å². The van der Waals surface area contributed by atoms with Gasteiger partial charge in [0.25, 0.3) is 0 Å². The minimum Gasteiger partial charge on any atom is -0.487 e. The number of ether oxygens (including phenoxy) is 1. The van der Waals surface area contributed by atoms with Crippen molar-refractivity contribution in [2.75, 3.05) is 6.54 Å². The van der Waals surface area contributed by atoms with E-state index in [2.05, 4.69) is 36.3 Å². The molecule has 1 heterocycles. The first-order valence-electron chi connectivity index (χ1n) is 7.53. The van der Waals surface area contributed by atoms with E-state index in [4.69, 9.17) is 4.74 Å². The molecule has 1 N–H and O–H groups in total. The van der Waals surface area contributed by atoms with E-state index in [9.17, 15) is 0 Å². The number of aromatic nitrogens is 1. The summed E-state index contributed by atoms with van der Waals surface area (Å²) in [5.74, 6) is 0.901. The third kappa shape index (κ3) is 5.48. The van der Waals surface area contributed by atoms with Gasteiger partial charge in [-0.25, -0.2) is 4.98 Å². The van der Waals surface area contributed by atoms with Crippen LogP contribution in [0, 0.1) is 6.92 Å². The molecule has 0 aliphatic rings. The van der Waals surface area contributed by atoms with Crippen LogP contribution in [0.5, 0.6) is 5.75 Å². The highest BCUT2D eigenvalue weighted by atomic mass is 32.1. The fourth-order valence-corrected chi connectivity index (χ4v) is 2.77. The van der Waals surface area contributed by atoms with E-state index in [0.29, 0.717) is 12.6 Å². The molecule has 0 aliphatic carbocycles. The Morgan fingerprint density at radius 1 is 1.29 bits per heavy atom. The molecule has 0 fully saturated rings. The maximum Gasteiger partial charge on any atom is 0.131 e. The van der Waals surface area contributed by atoms with Crippen LogP contribution in [0.3, 0.4) is 0 Å². The van der Waals surface area contributed by atoms with Gasteiger partial charge in [0.05, 0.1) is 10.7 Å². The summed E-state index contributed by atoms with van der Waals surface area (Å²) in [5, 5.41) is 6.63. The molecule has 0 radical (unpaired) electrons. The maximum absolute atomic E-state index is 5.76. The molecule has 0 bridgehead atoms. The average Bonchev–Trinajstić information content (AvgIpc) is 2.90. The van der Waals surface area contributed by atoms with Crippen LogP contribution in [0.1, 0.15) is 36.5 Å². The Morgan fingerprint density at radius 3 is 2.67 bits per heavy atom. The van der Waals surface area contributed by atoms with Crippen molar-refractivity contribution >= 4 is 11.3 Å². The van der Waals surface area contributed by atoms with Gasteiger partial charge in [0.2, 0.25) is 0 Å². The molecular weight excluding hydrogens is 280 g/mol. The van der Waals surface area contributed by atoms with Gasteiger partial charge in [-0.2, -0.15) is 0 Å². The zero-order valence-electron chi connectivity index (χ0n) is 13.1. The van der Waals surface area contributed by atoms with Gasteiger partial charge in [-0.1, -0.05) is 19.1 Å². The van der Waals surface area contributed by atoms with E-state index in [1.807, 2.05) is 24.4 Å². The minimum atomic E-state index is 0.509. The van der Waals surface area contributed by atoms with E-state index in [-0.39, 0.29) is 0 Å². The zero-order valence-corrected chi connectivity index (χ0v) is 13.9. The molecule has 3 nitrogen and oxygen atoms in total. The summed E-state index contributed by atoms with van der Waals surface area (Å²) in [5.41, 5.74) is 2.34. The molecule has 21 heavy (non-hydrogen) atoms. The Labute approximate surface area is 131 Å². The molecule has 0 saturated carbocycles. The Balaban J connectivity index is 1.81. The minimum absolute atomic E-state index is 0.509. The van der Waals surface area contributed by atoms with Crippen molar-refractivity contribution in [1.82, 2.24) is 10.3 Å². The van der Waals surface area contributed by atoms with Crippen molar-refractivity contribution in [1.29, 1.82) is 0 Å². The fraction of sp³-hybridized carbons (Fsp3) is 0.471. The monoisotopic (exact) mass is 304 g/mol. The van der Waals surface area contributed by atoms with Gasteiger partial charge in [0, 0.05) is 11.4 Å². The Kier molecular flexibility index (Phi) is 6.21. The normalized spacial score (nSPS) is 12.3. The second-order valence-corrected chi connectivity index (χ2v) is 6.41. The molecule has 4 heteroatoms. The van der Waals surface area contributed by atoms with E-state index in [1.54, 1.807) is 11.3 Å². The summed E-state index contributed by atoms with van der Waals surface area (Å²) in [6.07, 6.45) is 2.22. The van der Waals surface area contributed by atoms with Crippen LogP contribution in [0.25, 0.3) is 0 Å². The summed E-state index contributed by atoms with van der Waals surface area (Å²) in [4.78, 5) is 4.40. The molecule has 0 aliphatic heterocycles. The summed E-state index contributed by atoms with van der Waals surface area (Å²) in [7, 11) is 0. The van der Waals surface area contributed by atoms with Gasteiger partial charge in [-0.15, -0.1) is 11.3 Å². The summed E-state index contributed by atoms with van der Waals surface area (Å²) >= 11 is 1.66.